The van der Waals surface area contributed by atoms with E-state index in [0.717, 1.165) is 5.56 Å². The van der Waals surface area contributed by atoms with Crippen LogP contribution in [0.2, 0.25) is 0 Å². The highest BCUT2D eigenvalue weighted by Crippen LogP contribution is 2.27. The summed E-state index contributed by atoms with van der Waals surface area (Å²) < 4.78 is 33.1. The Morgan fingerprint density at radius 2 is 2.00 bits per heavy atom. The maximum Gasteiger partial charge on any atom is 0.161 e. The zero-order valence-electron chi connectivity index (χ0n) is 12.5. The topological polar surface area (TPSA) is 64.6 Å². The number of sulfone groups is 1. The average molecular weight is 301 g/mol. The van der Waals surface area contributed by atoms with Gasteiger partial charge in [-0.3, -0.25) is 0 Å². The van der Waals surface area contributed by atoms with Crippen molar-refractivity contribution in [3.63, 3.8) is 0 Å². The van der Waals surface area contributed by atoms with Gasteiger partial charge in [0.2, 0.25) is 0 Å². The van der Waals surface area contributed by atoms with Gasteiger partial charge in [0.15, 0.2) is 11.5 Å². The van der Waals surface area contributed by atoms with Gasteiger partial charge in [-0.15, -0.1) is 0 Å². The SMILES string of the molecule is CCOc1cc(CNC(C)CS(C)(=O)=O)ccc1OC. The number of hydrogen-bond acceptors (Lipinski definition) is 5. The third-order valence-electron chi connectivity index (χ3n) is 2.74. The van der Waals surface area contributed by atoms with Crippen molar-refractivity contribution in [2.24, 2.45) is 0 Å². The van der Waals surface area contributed by atoms with Gasteiger partial charge in [0.25, 0.3) is 0 Å². The van der Waals surface area contributed by atoms with Gasteiger partial charge < -0.3 is 14.8 Å². The molecule has 6 heteroatoms. The Kier molecular flexibility index (Phi) is 6.29. The van der Waals surface area contributed by atoms with Crippen molar-refractivity contribution in [2.75, 3.05) is 25.7 Å². The standard InChI is InChI=1S/C14H23NO4S/c1-5-19-14-8-12(6-7-13(14)18-3)9-15-11(2)10-20(4,16)17/h6-8,11,15H,5,9-10H2,1-4H3. The first-order valence-electron chi connectivity index (χ1n) is 6.56. The van der Waals surface area contributed by atoms with Crippen LogP contribution >= 0.6 is 0 Å². The minimum atomic E-state index is -2.96. The van der Waals surface area contributed by atoms with Crippen molar-refractivity contribution in [1.82, 2.24) is 5.32 Å². The molecule has 0 saturated heterocycles. The van der Waals surface area contributed by atoms with Crippen LogP contribution in [0, 0.1) is 0 Å². The Bertz CT molecular complexity index is 528. The molecule has 0 aliphatic carbocycles. The molecule has 1 unspecified atom stereocenters. The van der Waals surface area contributed by atoms with E-state index in [4.69, 9.17) is 9.47 Å². The van der Waals surface area contributed by atoms with E-state index in [1.54, 1.807) is 7.11 Å². The van der Waals surface area contributed by atoms with Crippen LogP contribution in [-0.4, -0.2) is 40.2 Å². The maximum atomic E-state index is 11.2. The Hall–Kier alpha value is -1.27. The van der Waals surface area contributed by atoms with Crippen LogP contribution in [0.4, 0.5) is 0 Å². The highest BCUT2D eigenvalue weighted by molar-refractivity contribution is 7.90. The summed E-state index contributed by atoms with van der Waals surface area (Å²) in [4.78, 5) is 0. The second kappa shape index (κ2) is 7.50. The van der Waals surface area contributed by atoms with E-state index in [1.165, 1.54) is 6.26 Å². The van der Waals surface area contributed by atoms with Gasteiger partial charge in [-0.25, -0.2) is 8.42 Å². The monoisotopic (exact) mass is 301 g/mol. The summed E-state index contributed by atoms with van der Waals surface area (Å²) in [6, 6.07) is 5.59. The predicted molar refractivity (Wildman–Crippen MR) is 80.2 cm³/mol. The number of methoxy groups -OCH3 is 1. The molecule has 0 radical (unpaired) electrons. The van der Waals surface area contributed by atoms with E-state index in [0.29, 0.717) is 24.7 Å². The lowest BCUT2D eigenvalue weighted by Crippen LogP contribution is -2.32. The normalized spacial score (nSPS) is 13.0. The zero-order chi connectivity index (χ0) is 15.2. The fourth-order valence-electron chi connectivity index (χ4n) is 1.90. The lowest BCUT2D eigenvalue weighted by molar-refractivity contribution is 0.310. The van der Waals surface area contributed by atoms with E-state index in [2.05, 4.69) is 5.32 Å². The van der Waals surface area contributed by atoms with Crippen molar-refractivity contribution in [3.8, 4) is 11.5 Å². The van der Waals surface area contributed by atoms with Crippen LogP contribution in [0.3, 0.4) is 0 Å². The van der Waals surface area contributed by atoms with Crippen molar-refractivity contribution in [1.29, 1.82) is 0 Å². The average Bonchev–Trinajstić information content (AvgIpc) is 2.35. The molecule has 0 heterocycles. The molecule has 0 fully saturated rings. The highest BCUT2D eigenvalue weighted by atomic mass is 32.2. The van der Waals surface area contributed by atoms with E-state index in [1.807, 2.05) is 32.0 Å². The van der Waals surface area contributed by atoms with Crippen LogP contribution < -0.4 is 14.8 Å². The number of benzene rings is 1. The summed E-state index contributed by atoms with van der Waals surface area (Å²) in [5.74, 6) is 1.52. The molecular formula is C14H23NO4S. The summed E-state index contributed by atoms with van der Waals surface area (Å²) in [7, 11) is -1.36. The molecular weight excluding hydrogens is 278 g/mol. The summed E-state index contributed by atoms with van der Waals surface area (Å²) in [6.07, 6.45) is 1.24. The molecule has 0 aliphatic rings. The molecule has 0 aliphatic heterocycles. The Labute approximate surface area is 121 Å². The van der Waals surface area contributed by atoms with Crippen LogP contribution in [0.25, 0.3) is 0 Å². The molecule has 0 spiro atoms. The van der Waals surface area contributed by atoms with Crippen molar-refractivity contribution in [2.45, 2.75) is 26.4 Å². The van der Waals surface area contributed by atoms with Crippen molar-refractivity contribution >= 4 is 9.84 Å². The summed E-state index contributed by atoms with van der Waals surface area (Å²) in [6.45, 7) is 4.92. The second-order valence-electron chi connectivity index (χ2n) is 4.79. The molecule has 1 aromatic carbocycles. The molecule has 114 valence electrons. The summed E-state index contributed by atoms with van der Waals surface area (Å²) in [5.41, 5.74) is 1.02. The number of hydrogen-bond donors (Lipinski definition) is 1. The smallest absolute Gasteiger partial charge is 0.161 e. The first-order valence-corrected chi connectivity index (χ1v) is 8.62. The zero-order valence-corrected chi connectivity index (χ0v) is 13.3. The Balaban J connectivity index is 2.66. The first-order chi connectivity index (χ1) is 9.35. The van der Waals surface area contributed by atoms with Gasteiger partial charge >= 0.3 is 0 Å². The molecule has 1 atom stereocenters. The number of rotatable bonds is 8. The van der Waals surface area contributed by atoms with E-state index >= 15 is 0 Å². The van der Waals surface area contributed by atoms with Gasteiger partial charge in [-0.1, -0.05) is 6.07 Å². The summed E-state index contributed by atoms with van der Waals surface area (Å²) >= 11 is 0. The number of ether oxygens (including phenoxy) is 2. The Morgan fingerprint density at radius 3 is 2.55 bits per heavy atom. The van der Waals surface area contributed by atoms with Gasteiger partial charge in [0, 0.05) is 18.8 Å². The minimum Gasteiger partial charge on any atom is -0.493 e. The van der Waals surface area contributed by atoms with Crippen molar-refractivity contribution in [3.05, 3.63) is 23.8 Å². The largest absolute Gasteiger partial charge is 0.493 e. The molecule has 5 nitrogen and oxygen atoms in total. The van der Waals surface area contributed by atoms with E-state index in [-0.39, 0.29) is 11.8 Å². The lowest BCUT2D eigenvalue weighted by Gasteiger charge is -2.14. The van der Waals surface area contributed by atoms with Crippen LogP contribution in [0.5, 0.6) is 11.5 Å². The third kappa shape index (κ3) is 5.79. The molecule has 1 aromatic rings. The fraction of sp³-hybridized carbons (Fsp3) is 0.571. The van der Waals surface area contributed by atoms with Crippen LogP contribution in [-0.2, 0) is 16.4 Å². The molecule has 20 heavy (non-hydrogen) atoms. The Morgan fingerprint density at radius 1 is 1.30 bits per heavy atom. The van der Waals surface area contributed by atoms with Crippen molar-refractivity contribution < 1.29 is 17.9 Å². The molecule has 0 amide bonds. The maximum absolute atomic E-state index is 11.2. The quantitative estimate of drug-likeness (QED) is 0.790. The lowest BCUT2D eigenvalue weighted by atomic mass is 10.2. The number of nitrogens with one attached hydrogen (secondary N) is 1. The molecule has 0 saturated carbocycles. The first kappa shape index (κ1) is 16.8. The van der Waals surface area contributed by atoms with Gasteiger partial charge in [-0.2, -0.15) is 0 Å². The summed E-state index contributed by atoms with van der Waals surface area (Å²) in [5, 5.41) is 3.19. The second-order valence-corrected chi connectivity index (χ2v) is 6.98. The molecule has 1 rings (SSSR count). The third-order valence-corrected chi connectivity index (χ3v) is 3.84. The molecule has 0 aromatic heterocycles. The van der Waals surface area contributed by atoms with Crippen LogP contribution in [0.1, 0.15) is 19.4 Å². The van der Waals surface area contributed by atoms with Gasteiger partial charge in [0.05, 0.1) is 19.5 Å². The highest BCUT2D eigenvalue weighted by Gasteiger charge is 2.11. The van der Waals surface area contributed by atoms with E-state index in [9.17, 15) is 8.42 Å². The predicted octanol–water partition coefficient (Wildman–Crippen LogP) is 1.62. The van der Waals surface area contributed by atoms with Gasteiger partial charge in [0.1, 0.15) is 9.84 Å². The fourth-order valence-corrected chi connectivity index (χ4v) is 2.93. The molecule has 1 N–H and O–H groups in total. The van der Waals surface area contributed by atoms with Gasteiger partial charge in [-0.05, 0) is 31.5 Å². The van der Waals surface area contributed by atoms with E-state index < -0.39 is 9.84 Å². The molecule has 0 bridgehead atoms. The van der Waals surface area contributed by atoms with Crippen LogP contribution in [0.15, 0.2) is 18.2 Å². The minimum absolute atomic E-state index is 0.0948.